The van der Waals surface area contributed by atoms with Gasteiger partial charge in [-0.3, -0.25) is 10.1 Å². The first-order valence-corrected chi connectivity index (χ1v) is 6.36. The maximum absolute atomic E-state index is 11.1. The highest BCUT2D eigenvalue weighted by Gasteiger charge is 2.21. The minimum absolute atomic E-state index is 0.0744. The van der Waals surface area contributed by atoms with Crippen LogP contribution in [0.15, 0.2) is 24.3 Å². The van der Waals surface area contributed by atoms with E-state index in [0.29, 0.717) is 12.4 Å². The molecule has 0 fully saturated rings. The van der Waals surface area contributed by atoms with Gasteiger partial charge in [0.05, 0.1) is 4.92 Å². The van der Waals surface area contributed by atoms with E-state index < -0.39 is 4.92 Å². The summed E-state index contributed by atoms with van der Waals surface area (Å²) in [5, 5.41) is 27.4. The molecule has 21 heavy (non-hydrogen) atoms. The molecule has 0 radical (unpaired) electrons. The maximum Gasteiger partial charge on any atom is 0.294 e. The van der Waals surface area contributed by atoms with E-state index in [0.717, 1.165) is 6.42 Å². The molecule has 0 aliphatic heterocycles. The summed E-state index contributed by atoms with van der Waals surface area (Å²) in [5.41, 5.74) is 6.18. The molecule has 108 valence electrons. The molecule has 3 N–H and O–H groups in total. The third-order valence-electron chi connectivity index (χ3n) is 2.88. The van der Waals surface area contributed by atoms with Gasteiger partial charge in [0.25, 0.3) is 5.69 Å². The Morgan fingerprint density at radius 1 is 1.52 bits per heavy atom. The molecule has 0 amide bonds. The number of benzene rings is 1. The van der Waals surface area contributed by atoms with Gasteiger partial charge in [-0.15, -0.1) is 5.10 Å². The maximum atomic E-state index is 11.1. The number of nitrogen functional groups attached to an aromatic ring is 1. The molecule has 0 atom stereocenters. The van der Waals surface area contributed by atoms with E-state index in [1.165, 1.54) is 16.8 Å². The van der Waals surface area contributed by atoms with Crippen LogP contribution in [0.25, 0.3) is 5.69 Å². The van der Waals surface area contributed by atoms with Crippen LogP contribution < -0.4 is 11.1 Å². The molecule has 0 saturated heterocycles. The number of nitro benzene ring substituents is 1. The van der Waals surface area contributed by atoms with Gasteiger partial charge in [0.15, 0.2) is 5.82 Å². The Morgan fingerprint density at radius 3 is 2.86 bits per heavy atom. The number of anilines is 2. The molecule has 2 aromatic rings. The van der Waals surface area contributed by atoms with Crippen LogP contribution in [0.3, 0.4) is 0 Å². The molecule has 1 aromatic carbocycles. The minimum atomic E-state index is -0.512. The van der Waals surface area contributed by atoms with Crippen molar-refractivity contribution in [2.45, 2.75) is 13.3 Å². The van der Waals surface area contributed by atoms with E-state index >= 15 is 0 Å². The predicted molar refractivity (Wildman–Crippen MR) is 78.1 cm³/mol. The first-order chi connectivity index (χ1) is 10.1. The van der Waals surface area contributed by atoms with E-state index in [2.05, 4.69) is 10.4 Å². The van der Waals surface area contributed by atoms with Gasteiger partial charge in [0, 0.05) is 12.6 Å². The van der Waals surface area contributed by atoms with Crippen LogP contribution in [-0.2, 0) is 0 Å². The van der Waals surface area contributed by atoms with Crippen LogP contribution in [0.4, 0.5) is 17.3 Å². The Hall–Kier alpha value is -3.08. The Labute approximate surface area is 120 Å². The van der Waals surface area contributed by atoms with Gasteiger partial charge in [-0.05, 0) is 12.5 Å². The second-order valence-electron chi connectivity index (χ2n) is 4.31. The van der Waals surface area contributed by atoms with Gasteiger partial charge < -0.3 is 11.1 Å². The van der Waals surface area contributed by atoms with Crippen LogP contribution in [0, 0.1) is 21.4 Å². The van der Waals surface area contributed by atoms with Crippen molar-refractivity contribution in [3.05, 3.63) is 39.9 Å². The summed E-state index contributed by atoms with van der Waals surface area (Å²) < 4.78 is 1.22. The second kappa shape index (κ2) is 5.92. The Morgan fingerprint density at radius 2 is 2.24 bits per heavy atom. The van der Waals surface area contributed by atoms with E-state index in [4.69, 9.17) is 5.73 Å². The molecule has 0 saturated carbocycles. The molecule has 8 nitrogen and oxygen atoms in total. The van der Waals surface area contributed by atoms with Gasteiger partial charge in [-0.25, -0.2) is 4.68 Å². The van der Waals surface area contributed by atoms with E-state index in [9.17, 15) is 15.4 Å². The number of nitrogens with two attached hydrogens (primary N) is 1. The van der Waals surface area contributed by atoms with Crippen molar-refractivity contribution in [1.29, 1.82) is 5.26 Å². The number of hydrogen-bond donors (Lipinski definition) is 2. The Kier molecular flexibility index (Phi) is 4.04. The van der Waals surface area contributed by atoms with Crippen LogP contribution in [0.2, 0.25) is 0 Å². The van der Waals surface area contributed by atoms with Gasteiger partial charge in [-0.2, -0.15) is 5.26 Å². The van der Waals surface area contributed by atoms with Crippen LogP contribution in [0.5, 0.6) is 0 Å². The lowest BCUT2D eigenvalue weighted by Crippen LogP contribution is -2.06. The molecule has 0 aliphatic rings. The standard InChI is InChI=1S/C13H14N6O2/c1-2-7-16-13-9(8-14)12(15)18(17-13)10-5-3-4-6-11(10)19(20)21/h3-6H,2,7,15H2,1H3,(H,16,17). The normalized spacial score (nSPS) is 10.1. The fourth-order valence-corrected chi connectivity index (χ4v) is 1.89. The Bertz CT molecular complexity index is 716. The van der Waals surface area contributed by atoms with Gasteiger partial charge >= 0.3 is 0 Å². The van der Waals surface area contributed by atoms with Crippen molar-refractivity contribution in [3.63, 3.8) is 0 Å². The van der Waals surface area contributed by atoms with Crippen molar-refractivity contribution in [3.8, 4) is 11.8 Å². The zero-order valence-electron chi connectivity index (χ0n) is 11.4. The molecule has 0 unspecified atom stereocenters. The topological polar surface area (TPSA) is 123 Å². The highest BCUT2D eigenvalue weighted by Crippen LogP contribution is 2.29. The number of para-hydroxylation sites is 2. The average Bonchev–Trinajstić information content (AvgIpc) is 2.80. The molecule has 1 heterocycles. The number of nitriles is 1. The van der Waals surface area contributed by atoms with Crippen molar-refractivity contribution in [1.82, 2.24) is 9.78 Å². The number of nitrogens with zero attached hydrogens (tertiary/aromatic N) is 4. The number of aromatic nitrogens is 2. The number of rotatable bonds is 5. The van der Waals surface area contributed by atoms with E-state index in [1.807, 2.05) is 13.0 Å². The van der Waals surface area contributed by atoms with E-state index in [-0.39, 0.29) is 22.8 Å². The van der Waals surface area contributed by atoms with Crippen molar-refractivity contribution in [2.75, 3.05) is 17.6 Å². The quantitative estimate of drug-likeness (QED) is 0.640. The largest absolute Gasteiger partial charge is 0.382 e. The van der Waals surface area contributed by atoms with E-state index in [1.54, 1.807) is 12.1 Å². The van der Waals surface area contributed by atoms with Crippen molar-refractivity contribution >= 4 is 17.3 Å². The third-order valence-corrected chi connectivity index (χ3v) is 2.88. The molecule has 8 heteroatoms. The first kappa shape index (κ1) is 14.3. The summed E-state index contributed by atoms with van der Waals surface area (Å²) in [7, 11) is 0. The number of nitrogens with one attached hydrogen (secondary N) is 1. The molecule has 2 rings (SSSR count). The summed E-state index contributed by atoms with van der Waals surface area (Å²) >= 11 is 0. The lowest BCUT2D eigenvalue weighted by atomic mass is 10.2. The minimum Gasteiger partial charge on any atom is -0.382 e. The molecule has 1 aromatic heterocycles. The highest BCUT2D eigenvalue weighted by molar-refractivity contribution is 5.68. The molecule has 0 spiro atoms. The lowest BCUT2D eigenvalue weighted by molar-refractivity contribution is -0.384. The summed E-state index contributed by atoms with van der Waals surface area (Å²) in [5.74, 6) is 0.403. The average molecular weight is 286 g/mol. The summed E-state index contributed by atoms with van der Waals surface area (Å²) in [4.78, 5) is 10.6. The van der Waals surface area contributed by atoms with Crippen molar-refractivity contribution < 1.29 is 4.92 Å². The fourth-order valence-electron chi connectivity index (χ4n) is 1.89. The zero-order chi connectivity index (χ0) is 15.4. The van der Waals surface area contributed by atoms with Crippen LogP contribution in [0.1, 0.15) is 18.9 Å². The number of nitro groups is 1. The first-order valence-electron chi connectivity index (χ1n) is 6.36. The van der Waals surface area contributed by atoms with Gasteiger partial charge in [-0.1, -0.05) is 19.1 Å². The molecular weight excluding hydrogens is 272 g/mol. The molecule has 0 bridgehead atoms. The summed E-state index contributed by atoms with van der Waals surface area (Å²) in [6.45, 7) is 2.60. The third kappa shape index (κ3) is 2.62. The molecule has 0 aliphatic carbocycles. The molecular formula is C13H14N6O2. The monoisotopic (exact) mass is 286 g/mol. The zero-order valence-corrected chi connectivity index (χ0v) is 11.4. The smallest absolute Gasteiger partial charge is 0.294 e. The van der Waals surface area contributed by atoms with Gasteiger partial charge in [0.1, 0.15) is 23.1 Å². The lowest BCUT2D eigenvalue weighted by Gasteiger charge is -2.04. The van der Waals surface area contributed by atoms with Crippen LogP contribution in [-0.4, -0.2) is 21.2 Å². The highest BCUT2D eigenvalue weighted by atomic mass is 16.6. The van der Waals surface area contributed by atoms with Crippen molar-refractivity contribution in [2.24, 2.45) is 0 Å². The number of hydrogen-bond acceptors (Lipinski definition) is 6. The van der Waals surface area contributed by atoms with Gasteiger partial charge in [0.2, 0.25) is 0 Å². The summed E-state index contributed by atoms with van der Waals surface area (Å²) in [6, 6.07) is 8.07. The SMILES string of the molecule is CCCNc1nn(-c2ccccc2[N+](=O)[O-])c(N)c1C#N. The second-order valence-corrected chi connectivity index (χ2v) is 4.31. The predicted octanol–water partition coefficient (Wildman–Crippen LogP) is 2.06. The summed E-state index contributed by atoms with van der Waals surface area (Å²) in [6.07, 6.45) is 0.850. The van der Waals surface area contributed by atoms with Crippen LogP contribution >= 0.6 is 0 Å². The Balaban J connectivity index is 2.58. The fraction of sp³-hybridized carbons (Fsp3) is 0.231.